The zero-order valence-electron chi connectivity index (χ0n) is 11.0. The zero-order valence-corrected chi connectivity index (χ0v) is 11.9. The summed E-state index contributed by atoms with van der Waals surface area (Å²) in [6.45, 7) is 6.58. The van der Waals surface area contributed by atoms with E-state index in [-0.39, 0.29) is 5.41 Å². The van der Waals surface area contributed by atoms with Gasteiger partial charge in [0.1, 0.15) is 0 Å². The highest BCUT2D eigenvalue weighted by molar-refractivity contribution is 7.80. The SMILES string of the molecule is CC(C)(C)c1ccc(-c2nnc(CCS)o2)cc1. The van der Waals surface area contributed by atoms with Gasteiger partial charge in [0.25, 0.3) is 0 Å². The third kappa shape index (κ3) is 2.93. The lowest BCUT2D eigenvalue weighted by Gasteiger charge is -2.18. The molecule has 0 N–H and O–H groups in total. The Hall–Kier alpha value is -1.29. The number of rotatable bonds is 3. The average molecular weight is 262 g/mol. The Labute approximate surface area is 113 Å². The van der Waals surface area contributed by atoms with Crippen LogP contribution in [0.1, 0.15) is 32.2 Å². The fourth-order valence-electron chi connectivity index (χ4n) is 1.68. The Morgan fingerprint density at radius 2 is 1.78 bits per heavy atom. The molecule has 0 atom stereocenters. The number of aryl methyl sites for hydroxylation is 1. The smallest absolute Gasteiger partial charge is 0.247 e. The van der Waals surface area contributed by atoms with Crippen molar-refractivity contribution in [3.63, 3.8) is 0 Å². The molecule has 1 heterocycles. The van der Waals surface area contributed by atoms with Crippen molar-refractivity contribution >= 4 is 12.6 Å². The highest BCUT2D eigenvalue weighted by Gasteiger charge is 2.14. The fourth-order valence-corrected chi connectivity index (χ4v) is 1.87. The van der Waals surface area contributed by atoms with Crippen molar-refractivity contribution in [3.8, 4) is 11.5 Å². The molecule has 2 rings (SSSR count). The number of aromatic nitrogens is 2. The predicted octanol–water partition coefficient (Wildman–Crippen LogP) is 3.51. The molecule has 3 nitrogen and oxygen atoms in total. The lowest BCUT2D eigenvalue weighted by atomic mass is 9.87. The largest absolute Gasteiger partial charge is 0.421 e. The third-order valence-electron chi connectivity index (χ3n) is 2.79. The first-order valence-corrected chi connectivity index (χ1v) is 6.68. The van der Waals surface area contributed by atoms with Crippen molar-refractivity contribution in [2.75, 3.05) is 5.75 Å². The summed E-state index contributed by atoms with van der Waals surface area (Å²) in [6.07, 6.45) is 0.705. The van der Waals surface area contributed by atoms with Gasteiger partial charge in [-0.2, -0.15) is 12.6 Å². The van der Waals surface area contributed by atoms with E-state index >= 15 is 0 Å². The molecule has 0 fully saturated rings. The molecule has 0 spiro atoms. The molecular weight excluding hydrogens is 244 g/mol. The third-order valence-corrected chi connectivity index (χ3v) is 3.01. The van der Waals surface area contributed by atoms with Crippen LogP contribution in [-0.4, -0.2) is 16.0 Å². The molecule has 0 unspecified atom stereocenters. The van der Waals surface area contributed by atoms with E-state index in [1.165, 1.54) is 5.56 Å². The van der Waals surface area contributed by atoms with E-state index in [9.17, 15) is 0 Å². The first-order chi connectivity index (χ1) is 8.50. The molecule has 0 aliphatic rings. The molecular formula is C14H18N2OS. The monoisotopic (exact) mass is 262 g/mol. The lowest BCUT2D eigenvalue weighted by Crippen LogP contribution is -2.10. The fraction of sp³-hybridized carbons (Fsp3) is 0.429. The summed E-state index contributed by atoms with van der Waals surface area (Å²) in [4.78, 5) is 0. The minimum Gasteiger partial charge on any atom is -0.421 e. The Balaban J connectivity index is 2.23. The van der Waals surface area contributed by atoms with Crippen LogP contribution in [0.2, 0.25) is 0 Å². The highest BCUT2D eigenvalue weighted by Crippen LogP contribution is 2.25. The van der Waals surface area contributed by atoms with E-state index in [2.05, 4.69) is 55.7 Å². The van der Waals surface area contributed by atoms with Gasteiger partial charge in [-0.05, 0) is 28.9 Å². The van der Waals surface area contributed by atoms with Crippen LogP contribution in [0.5, 0.6) is 0 Å². The van der Waals surface area contributed by atoms with Gasteiger partial charge < -0.3 is 4.42 Å². The molecule has 0 aliphatic carbocycles. The van der Waals surface area contributed by atoms with Crippen LogP contribution in [0, 0.1) is 0 Å². The van der Waals surface area contributed by atoms with Gasteiger partial charge in [-0.25, -0.2) is 0 Å². The van der Waals surface area contributed by atoms with Gasteiger partial charge in [0.2, 0.25) is 11.8 Å². The topological polar surface area (TPSA) is 38.9 Å². The minimum atomic E-state index is 0.157. The molecule has 96 valence electrons. The molecule has 0 bridgehead atoms. The molecule has 0 saturated carbocycles. The summed E-state index contributed by atoms with van der Waals surface area (Å²) < 4.78 is 5.56. The number of nitrogens with zero attached hydrogens (tertiary/aromatic N) is 2. The standard InChI is InChI=1S/C14H18N2OS/c1-14(2,3)11-6-4-10(5-7-11)13-16-15-12(17-13)8-9-18/h4-7,18H,8-9H2,1-3H3. The quantitative estimate of drug-likeness (QED) is 0.860. The van der Waals surface area contributed by atoms with E-state index < -0.39 is 0 Å². The van der Waals surface area contributed by atoms with Crippen LogP contribution in [0.25, 0.3) is 11.5 Å². The normalized spacial score (nSPS) is 11.8. The second kappa shape index (κ2) is 5.14. The maximum atomic E-state index is 5.56. The molecule has 4 heteroatoms. The van der Waals surface area contributed by atoms with Crippen LogP contribution in [0.4, 0.5) is 0 Å². The Morgan fingerprint density at radius 1 is 1.11 bits per heavy atom. The maximum absolute atomic E-state index is 5.56. The number of thiol groups is 1. The van der Waals surface area contributed by atoms with Crippen LogP contribution in [0.15, 0.2) is 28.7 Å². The van der Waals surface area contributed by atoms with Crippen molar-refractivity contribution in [2.24, 2.45) is 0 Å². The highest BCUT2D eigenvalue weighted by atomic mass is 32.1. The molecule has 1 aromatic heterocycles. The Morgan fingerprint density at radius 3 is 2.33 bits per heavy atom. The molecule has 1 aromatic carbocycles. The van der Waals surface area contributed by atoms with Crippen LogP contribution >= 0.6 is 12.6 Å². The van der Waals surface area contributed by atoms with Crippen molar-refractivity contribution in [3.05, 3.63) is 35.7 Å². The van der Waals surface area contributed by atoms with Gasteiger partial charge >= 0.3 is 0 Å². The molecule has 0 aliphatic heterocycles. The molecule has 2 aromatic rings. The molecule has 0 radical (unpaired) electrons. The van der Waals surface area contributed by atoms with Gasteiger partial charge in [-0.3, -0.25) is 0 Å². The first kappa shape index (κ1) is 13.1. The number of hydrogen-bond acceptors (Lipinski definition) is 4. The lowest BCUT2D eigenvalue weighted by molar-refractivity contribution is 0.514. The average Bonchev–Trinajstić information content (AvgIpc) is 2.77. The van der Waals surface area contributed by atoms with Crippen LogP contribution < -0.4 is 0 Å². The van der Waals surface area contributed by atoms with E-state index in [4.69, 9.17) is 4.42 Å². The van der Waals surface area contributed by atoms with Crippen molar-refractivity contribution < 1.29 is 4.42 Å². The maximum Gasteiger partial charge on any atom is 0.247 e. The summed E-state index contributed by atoms with van der Waals surface area (Å²) in [5, 5.41) is 8.03. The second-order valence-corrected chi connectivity index (χ2v) is 5.75. The van der Waals surface area contributed by atoms with E-state index in [0.717, 1.165) is 5.56 Å². The first-order valence-electron chi connectivity index (χ1n) is 6.05. The van der Waals surface area contributed by atoms with Gasteiger partial charge in [0.05, 0.1) is 0 Å². The minimum absolute atomic E-state index is 0.157. The van der Waals surface area contributed by atoms with Crippen molar-refractivity contribution in [2.45, 2.75) is 32.6 Å². The summed E-state index contributed by atoms with van der Waals surface area (Å²) in [6, 6.07) is 8.27. The van der Waals surface area contributed by atoms with Gasteiger partial charge in [0.15, 0.2) is 0 Å². The summed E-state index contributed by atoms with van der Waals surface area (Å²) in [5.41, 5.74) is 2.41. The second-order valence-electron chi connectivity index (χ2n) is 5.30. The van der Waals surface area contributed by atoms with Crippen molar-refractivity contribution in [1.82, 2.24) is 10.2 Å². The summed E-state index contributed by atoms with van der Waals surface area (Å²) in [5.74, 6) is 1.93. The number of hydrogen-bond donors (Lipinski definition) is 1. The Kier molecular flexibility index (Phi) is 3.76. The molecule has 18 heavy (non-hydrogen) atoms. The summed E-state index contributed by atoms with van der Waals surface area (Å²) >= 11 is 4.15. The Bertz CT molecular complexity index is 511. The van der Waals surface area contributed by atoms with Gasteiger partial charge in [-0.15, -0.1) is 10.2 Å². The molecule has 0 saturated heterocycles. The predicted molar refractivity (Wildman–Crippen MR) is 76.0 cm³/mol. The van der Waals surface area contributed by atoms with Crippen LogP contribution in [0.3, 0.4) is 0 Å². The van der Waals surface area contributed by atoms with Gasteiger partial charge in [0, 0.05) is 12.0 Å². The number of benzene rings is 1. The molecule has 0 amide bonds. The van der Waals surface area contributed by atoms with Crippen LogP contribution in [-0.2, 0) is 11.8 Å². The van der Waals surface area contributed by atoms with E-state index in [0.29, 0.717) is 24.0 Å². The zero-order chi connectivity index (χ0) is 13.2. The van der Waals surface area contributed by atoms with E-state index in [1.807, 2.05) is 12.1 Å². The summed E-state index contributed by atoms with van der Waals surface area (Å²) in [7, 11) is 0. The van der Waals surface area contributed by atoms with E-state index in [1.54, 1.807) is 0 Å². The van der Waals surface area contributed by atoms with Crippen molar-refractivity contribution in [1.29, 1.82) is 0 Å². The van der Waals surface area contributed by atoms with Gasteiger partial charge in [-0.1, -0.05) is 32.9 Å².